The Kier molecular flexibility index (Phi) is 4.86. The van der Waals surface area contributed by atoms with Crippen LogP contribution in [0.15, 0.2) is 35.1 Å². The highest BCUT2D eigenvalue weighted by atomic mass is 32.2. The number of aromatic nitrogens is 2. The fraction of sp³-hybridized carbons (Fsp3) is 0.188. The number of phenolic OH excluding ortho intramolecular Hbond substituents is 1. The summed E-state index contributed by atoms with van der Waals surface area (Å²) in [5.41, 5.74) is 0.226. The molecular formula is C16H15N3O3S2. The number of para-hydroxylation sites is 2. The van der Waals surface area contributed by atoms with Crippen LogP contribution in [0.1, 0.15) is 10.7 Å². The van der Waals surface area contributed by atoms with Gasteiger partial charge in [-0.15, -0.1) is 23.1 Å². The van der Waals surface area contributed by atoms with Crippen molar-refractivity contribution in [1.82, 2.24) is 9.97 Å². The second-order valence-corrected chi connectivity index (χ2v) is 7.37. The lowest BCUT2D eigenvalue weighted by molar-refractivity contribution is -0.113. The average Bonchev–Trinajstić information content (AvgIpc) is 2.91. The number of anilines is 1. The van der Waals surface area contributed by atoms with Gasteiger partial charge < -0.3 is 15.4 Å². The van der Waals surface area contributed by atoms with E-state index in [1.165, 1.54) is 29.2 Å². The molecule has 0 aliphatic rings. The van der Waals surface area contributed by atoms with Gasteiger partial charge in [-0.1, -0.05) is 12.1 Å². The van der Waals surface area contributed by atoms with Crippen LogP contribution < -0.4 is 10.9 Å². The molecule has 3 N–H and O–H groups in total. The first-order valence-corrected chi connectivity index (χ1v) is 9.15. The lowest BCUT2D eigenvalue weighted by Crippen LogP contribution is -2.15. The Labute approximate surface area is 145 Å². The standard InChI is InChI=1S/C16H15N3O3S2/c1-9-6-10-15(22)18-13(19-16(10)24-9)7-23-8-14(21)17-11-4-2-3-5-12(11)20/h2-6,20H,7-8H2,1H3,(H,17,21)(H,18,19,22). The summed E-state index contributed by atoms with van der Waals surface area (Å²) in [7, 11) is 0. The zero-order valence-electron chi connectivity index (χ0n) is 12.8. The second kappa shape index (κ2) is 7.06. The van der Waals surface area contributed by atoms with Crippen LogP contribution in [0.25, 0.3) is 10.2 Å². The highest BCUT2D eigenvalue weighted by Gasteiger charge is 2.09. The minimum Gasteiger partial charge on any atom is -0.506 e. The number of H-pyrrole nitrogens is 1. The van der Waals surface area contributed by atoms with E-state index in [2.05, 4.69) is 15.3 Å². The van der Waals surface area contributed by atoms with Gasteiger partial charge >= 0.3 is 0 Å². The fourth-order valence-electron chi connectivity index (χ4n) is 2.17. The molecule has 0 spiro atoms. The number of benzene rings is 1. The summed E-state index contributed by atoms with van der Waals surface area (Å²) in [6.45, 7) is 1.93. The molecule has 3 rings (SSSR count). The van der Waals surface area contributed by atoms with E-state index in [-0.39, 0.29) is 23.0 Å². The van der Waals surface area contributed by atoms with Gasteiger partial charge in [0, 0.05) is 4.88 Å². The summed E-state index contributed by atoms with van der Waals surface area (Å²) < 4.78 is 0. The molecule has 2 heterocycles. The smallest absolute Gasteiger partial charge is 0.259 e. The number of amides is 1. The van der Waals surface area contributed by atoms with E-state index in [1.54, 1.807) is 18.2 Å². The summed E-state index contributed by atoms with van der Waals surface area (Å²) in [5.74, 6) is 0.975. The molecule has 0 saturated carbocycles. The van der Waals surface area contributed by atoms with E-state index in [4.69, 9.17) is 0 Å². The molecule has 0 atom stereocenters. The van der Waals surface area contributed by atoms with Gasteiger partial charge in [-0.25, -0.2) is 4.98 Å². The number of fused-ring (bicyclic) bond motifs is 1. The SMILES string of the molecule is Cc1cc2c(=O)[nH]c(CSCC(=O)Nc3ccccc3O)nc2s1. The minimum atomic E-state index is -0.225. The first-order valence-electron chi connectivity index (χ1n) is 7.18. The number of aryl methyl sites for hydroxylation is 1. The zero-order chi connectivity index (χ0) is 17.1. The number of aromatic hydroxyl groups is 1. The summed E-state index contributed by atoms with van der Waals surface area (Å²) in [5, 5.41) is 12.9. The van der Waals surface area contributed by atoms with Crippen molar-refractivity contribution < 1.29 is 9.90 Å². The Morgan fingerprint density at radius 2 is 2.21 bits per heavy atom. The zero-order valence-corrected chi connectivity index (χ0v) is 14.5. The van der Waals surface area contributed by atoms with E-state index in [0.717, 1.165) is 4.88 Å². The molecule has 0 aliphatic heterocycles. The van der Waals surface area contributed by atoms with Crippen LogP contribution in [0.4, 0.5) is 5.69 Å². The normalized spacial score (nSPS) is 10.9. The minimum absolute atomic E-state index is 0.0281. The Bertz CT molecular complexity index is 949. The van der Waals surface area contributed by atoms with Crippen molar-refractivity contribution in [3.8, 4) is 5.75 Å². The molecule has 6 nitrogen and oxygen atoms in total. The number of nitrogens with zero attached hydrogens (tertiary/aromatic N) is 1. The first kappa shape index (κ1) is 16.5. The van der Waals surface area contributed by atoms with Gasteiger partial charge in [-0.3, -0.25) is 9.59 Å². The van der Waals surface area contributed by atoms with Crippen molar-refractivity contribution in [3.63, 3.8) is 0 Å². The van der Waals surface area contributed by atoms with Crippen molar-refractivity contribution in [1.29, 1.82) is 0 Å². The molecule has 2 aromatic heterocycles. The van der Waals surface area contributed by atoms with Gasteiger partial charge in [0.15, 0.2) is 0 Å². The molecule has 24 heavy (non-hydrogen) atoms. The number of aromatic amines is 1. The van der Waals surface area contributed by atoms with Crippen LogP contribution in [0.5, 0.6) is 5.75 Å². The van der Waals surface area contributed by atoms with Gasteiger partial charge in [-0.2, -0.15) is 0 Å². The van der Waals surface area contributed by atoms with E-state index < -0.39 is 0 Å². The van der Waals surface area contributed by atoms with Crippen LogP contribution in [-0.4, -0.2) is 26.7 Å². The van der Waals surface area contributed by atoms with E-state index >= 15 is 0 Å². The van der Waals surface area contributed by atoms with Crippen molar-refractivity contribution in [3.05, 3.63) is 51.4 Å². The maximum atomic E-state index is 12.0. The Morgan fingerprint density at radius 3 is 3.00 bits per heavy atom. The van der Waals surface area contributed by atoms with E-state index in [1.807, 2.05) is 13.0 Å². The van der Waals surface area contributed by atoms with E-state index in [9.17, 15) is 14.7 Å². The summed E-state index contributed by atoms with van der Waals surface area (Å²) >= 11 is 2.82. The first-order chi connectivity index (χ1) is 11.5. The number of hydrogen-bond donors (Lipinski definition) is 3. The highest BCUT2D eigenvalue weighted by molar-refractivity contribution is 7.99. The number of thiophene rings is 1. The average molecular weight is 361 g/mol. The quantitative estimate of drug-likeness (QED) is 0.608. The number of hydrogen-bond acceptors (Lipinski definition) is 6. The molecule has 3 aromatic rings. The van der Waals surface area contributed by atoms with Gasteiger partial charge in [0.1, 0.15) is 16.4 Å². The lowest BCUT2D eigenvalue weighted by atomic mass is 10.3. The Balaban J connectivity index is 1.59. The third-order valence-corrected chi connectivity index (χ3v) is 5.11. The third-order valence-electron chi connectivity index (χ3n) is 3.22. The third kappa shape index (κ3) is 3.77. The monoisotopic (exact) mass is 361 g/mol. The van der Waals surface area contributed by atoms with Gasteiger partial charge in [0.2, 0.25) is 5.91 Å². The largest absolute Gasteiger partial charge is 0.506 e. The van der Waals surface area contributed by atoms with Gasteiger partial charge in [0.25, 0.3) is 5.56 Å². The molecule has 8 heteroatoms. The van der Waals surface area contributed by atoms with Crippen LogP contribution in [-0.2, 0) is 10.5 Å². The lowest BCUT2D eigenvalue weighted by Gasteiger charge is -2.06. The fourth-order valence-corrected chi connectivity index (χ4v) is 3.76. The van der Waals surface area contributed by atoms with Gasteiger partial charge in [0.05, 0.1) is 22.6 Å². The molecule has 0 unspecified atom stereocenters. The molecule has 0 saturated heterocycles. The van der Waals surface area contributed by atoms with Crippen LogP contribution in [0.2, 0.25) is 0 Å². The van der Waals surface area contributed by atoms with Crippen LogP contribution in [0.3, 0.4) is 0 Å². The molecule has 0 radical (unpaired) electrons. The predicted octanol–water partition coefficient (Wildman–Crippen LogP) is 2.87. The number of nitrogens with one attached hydrogen (secondary N) is 2. The molecule has 0 bridgehead atoms. The number of phenols is 1. The highest BCUT2D eigenvalue weighted by Crippen LogP contribution is 2.22. The topological polar surface area (TPSA) is 95.1 Å². The summed E-state index contributed by atoms with van der Waals surface area (Å²) in [4.78, 5) is 32.8. The molecule has 0 aliphatic carbocycles. The number of carbonyl (C=O) groups is 1. The van der Waals surface area contributed by atoms with Crippen molar-refractivity contribution in [2.45, 2.75) is 12.7 Å². The van der Waals surface area contributed by atoms with Crippen molar-refractivity contribution in [2.24, 2.45) is 0 Å². The number of carbonyl (C=O) groups excluding carboxylic acids is 1. The second-order valence-electron chi connectivity index (χ2n) is 5.15. The summed E-state index contributed by atoms with van der Waals surface area (Å²) in [6, 6.07) is 8.38. The van der Waals surface area contributed by atoms with E-state index in [0.29, 0.717) is 27.5 Å². The molecule has 124 valence electrons. The Morgan fingerprint density at radius 1 is 1.42 bits per heavy atom. The van der Waals surface area contributed by atoms with Crippen molar-refractivity contribution in [2.75, 3.05) is 11.1 Å². The molecular weight excluding hydrogens is 346 g/mol. The predicted molar refractivity (Wildman–Crippen MR) is 97.9 cm³/mol. The Hall–Kier alpha value is -2.32. The maximum Gasteiger partial charge on any atom is 0.259 e. The van der Waals surface area contributed by atoms with Gasteiger partial charge in [-0.05, 0) is 25.1 Å². The van der Waals surface area contributed by atoms with Crippen LogP contribution >= 0.6 is 23.1 Å². The molecule has 1 aromatic carbocycles. The molecule has 0 fully saturated rings. The van der Waals surface area contributed by atoms with Crippen molar-refractivity contribution >= 4 is 44.9 Å². The number of thioether (sulfide) groups is 1. The summed E-state index contributed by atoms with van der Waals surface area (Å²) in [6.07, 6.45) is 0. The molecule has 1 amide bonds. The van der Waals surface area contributed by atoms with Crippen LogP contribution in [0, 0.1) is 6.92 Å². The number of rotatable bonds is 5. The maximum absolute atomic E-state index is 12.0.